The van der Waals surface area contributed by atoms with Gasteiger partial charge in [-0.05, 0) is 61.5 Å². The molecular formula is C21H32ClNO2. The summed E-state index contributed by atoms with van der Waals surface area (Å²) in [7, 11) is 2.22. The Morgan fingerprint density at radius 2 is 2.04 bits per heavy atom. The molecule has 1 saturated heterocycles. The van der Waals surface area contributed by atoms with Crippen molar-refractivity contribution in [2.45, 2.75) is 64.8 Å². The van der Waals surface area contributed by atoms with Crippen LogP contribution < -0.4 is 0 Å². The van der Waals surface area contributed by atoms with E-state index in [4.69, 9.17) is 0 Å². The molecule has 25 heavy (non-hydrogen) atoms. The number of aromatic hydroxyl groups is 1. The summed E-state index contributed by atoms with van der Waals surface area (Å²) in [6.07, 6.45) is 3.66. The molecule has 1 aromatic rings. The number of halogens is 1. The van der Waals surface area contributed by atoms with Crippen LogP contribution in [0.25, 0.3) is 0 Å². The molecule has 0 aromatic heterocycles. The van der Waals surface area contributed by atoms with Crippen LogP contribution in [0, 0.1) is 11.3 Å². The predicted molar refractivity (Wildman–Crippen MR) is 105 cm³/mol. The standard InChI is InChI=1S/C21H31NO2.ClH/c1-14(2)18(24)8-9-21(4)19-12-15-6-7-16(23)13-17(15)20(21,3)10-11-22(19)5;/h6-7,13-14,19,23H,8-12H2,1-5H3;1H/t19?,20-,21-;/m1./s1. The van der Waals surface area contributed by atoms with Gasteiger partial charge in [-0.2, -0.15) is 0 Å². The Balaban J connectivity index is 0.00000225. The highest BCUT2D eigenvalue weighted by molar-refractivity contribution is 5.85. The van der Waals surface area contributed by atoms with Gasteiger partial charge in [-0.3, -0.25) is 4.79 Å². The molecule has 0 amide bonds. The van der Waals surface area contributed by atoms with Gasteiger partial charge in [0.1, 0.15) is 11.5 Å². The molecule has 1 heterocycles. The van der Waals surface area contributed by atoms with E-state index in [-0.39, 0.29) is 29.2 Å². The summed E-state index contributed by atoms with van der Waals surface area (Å²) in [6, 6.07) is 6.32. The number of Topliss-reactive ketones (excluding diaryl/α,β-unsaturated/α-hetero) is 1. The van der Waals surface area contributed by atoms with E-state index in [1.165, 1.54) is 11.1 Å². The number of carbonyl (C=O) groups excluding carboxylic acids is 1. The molecule has 3 nitrogen and oxygen atoms in total. The van der Waals surface area contributed by atoms with Crippen LogP contribution in [0.2, 0.25) is 0 Å². The number of nitrogens with zero attached hydrogens (tertiary/aromatic N) is 1. The number of hydrogen-bond donors (Lipinski definition) is 1. The summed E-state index contributed by atoms with van der Waals surface area (Å²) < 4.78 is 0. The molecule has 3 atom stereocenters. The van der Waals surface area contributed by atoms with Gasteiger partial charge >= 0.3 is 0 Å². The molecule has 1 aliphatic heterocycles. The molecule has 2 bridgehead atoms. The number of rotatable bonds is 4. The molecule has 1 aromatic carbocycles. The van der Waals surface area contributed by atoms with Crippen molar-refractivity contribution in [1.29, 1.82) is 0 Å². The van der Waals surface area contributed by atoms with Crippen LogP contribution in [0.3, 0.4) is 0 Å². The first-order valence-corrected chi connectivity index (χ1v) is 9.24. The number of benzene rings is 1. The van der Waals surface area contributed by atoms with Gasteiger partial charge in [-0.1, -0.05) is 33.8 Å². The smallest absolute Gasteiger partial charge is 0.135 e. The maximum Gasteiger partial charge on any atom is 0.135 e. The van der Waals surface area contributed by atoms with Gasteiger partial charge in [-0.25, -0.2) is 0 Å². The van der Waals surface area contributed by atoms with Crippen molar-refractivity contribution < 1.29 is 9.90 Å². The normalized spacial score (nSPS) is 31.4. The first kappa shape index (κ1) is 20.3. The predicted octanol–water partition coefficient (Wildman–Crippen LogP) is 4.34. The number of ketones is 1. The second kappa shape index (κ2) is 6.92. The van der Waals surface area contributed by atoms with Crippen LogP contribution >= 0.6 is 12.4 Å². The molecule has 1 fully saturated rings. The number of hydrogen-bond acceptors (Lipinski definition) is 3. The van der Waals surface area contributed by atoms with Gasteiger partial charge in [-0.15, -0.1) is 12.4 Å². The molecule has 140 valence electrons. The third-order valence-corrected chi connectivity index (χ3v) is 7.13. The summed E-state index contributed by atoms with van der Waals surface area (Å²) >= 11 is 0. The Bertz CT molecular complexity index is 659. The molecule has 1 unspecified atom stereocenters. The molecule has 3 rings (SSSR count). The van der Waals surface area contributed by atoms with Crippen molar-refractivity contribution in [3.05, 3.63) is 29.3 Å². The Kier molecular flexibility index (Phi) is 5.61. The Morgan fingerprint density at radius 1 is 1.36 bits per heavy atom. The first-order chi connectivity index (χ1) is 11.2. The number of piperidine rings is 1. The number of likely N-dealkylation sites (tertiary alicyclic amines) is 1. The van der Waals surface area contributed by atoms with Crippen LogP contribution in [-0.4, -0.2) is 35.4 Å². The number of phenolic OH excluding ortho intramolecular Hbond substituents is 1. The van der Waals surface area contributed by atoms with Gasteiger partial charge in [0.05, 0.1) is 0 Å². The maximum absolute atomic E-state index is 12.3. The lowest BCUT2D eigenvalue weighted by molar-refractivity contribution is -0.124. The number of carbonyl (C=O) groups is 1. The highest BCUT2D eigenvalue weighted by Gasteiger charge is 2.57. The minimum Gasteiger partial charge on any atom is -0.508 e. The lowest BCUT2D eigenvalue weighted by atomic mass is 9.49. The molecule has 1 N–H and O–H groups in total. The van der Waals surface area contributed by atoms with Crippen LogP contribution in [0.1, 0.15) is 58.1 Å². The maximum atomic E-state index is 12.3. The minimum absolute atomic E-state index is 0. The third kappa shape index (κ3) is 3.10. The highest BCUT2D eigenvalue weighted by atomic mass is 35.5. The average molecular weight is 366 g/mol. The summed E-state index contributed by atoms with van der Waals surface area (Å²) in [5.74, 6) is 0.828. The van der Waals surface area contributed by atoms with E-state index >= 15 is 0 Å². The third-order valence-electron chi connectivity index (χ3n) is 7.13. The van der Waals surface area contributed by atoms with Gasteiger partial charge < -0.3 is 10.0 Å². The van der Waals surface area contributed by atoms with Crippen molar-refractivity contribution in [3.63, 3.8) is 0 Å². The van der Waals surface area contributed by atoms with E-state index in [0.29, 0.717) is 24.0 Å². The monoisotopic (exact) mass is 365 g/mol. The fourth-order valence-electron chi connectivity index (χ4n) is 5.10. The minimum atomic E-state index is 0. The zero-order valence-electron chi connectivity index (χ0n) is 16.1. The molecule has 0 saturated carbocycles. The van der Waals surface area contributed by atoms with Crippen molar-refractivity contribution in [2.75, 3.05) is 13.6 Å². The molecule has 0 spiro atoms. The molecule has 4 heteroatoms. The van der Waals surface area contributed by atoms with Gasteiger partial charge in [0.25, 0.3) is 0 Å². The van der Waals surface area contributed by atoms with Crippen LogP contribution in [0.5, 0.6) is 5.75 Å². The van der Waals surface area contributed by atoms with Crippen molar-refractivity contribution in [2.24, 2.45) is 11.3 Å². The lowest BCUT2D eigenvalue weighted by Crippen LogP contribution is -2.64. The second-order valence-electron chi connectivity index (χ2n) is 8.66. The van der Waals surface area contributed by atoms with E-state index in [2.05, 4.69) is 31.9 Å². The van der Waals surface area contributed by atoms with E-state index in [9.17, 15) is 9.90 Å². The fraction of sp³-hybridized carbons (Fsp3) is 0.667. The van der Waals surface area contributed by atoms with E-state index < -0.39 is 0 Å². The number of fused-ring (bicyclic) bond motifs is 4. The fourth-order valence-corrected chi connectivity index (χ4v) is 5.10. The summed E-state index contributed by atoms with van der Waals surface area (Å²) in [5.41, 5.74) is 2.71. The number of phenols is 1. The Labute approximate surface area is 158 Å². The lowest BCUT2D eigenvalue weighted by Gasteiger charge is -2.62. The van der Waals surface area contributed by atoms with Gasteiger partial charge in [0.2, 0.25) is 0 Å². The Morgan fingerprint density at radius 3 is 2.68 bits per heavy atom. The van der Waals surface area contributed by atoms with Crippen LogP contribution in [0.15, 0.2) is 18.2 Å². The molecule has 1 aliphatic carbocycles. The molecular weight excluding hydrogens is 334 g/mol. The average Bonchev–Trinajstić information content (AvgIpc) is 2.53. The quantitative estimate of drug-likeness (QED) is 0.862. The Hall–Kier alpha value is -1.06. The van der Waals surface area contributed by atoms with Crippen LogP contribution in [-0.2, 0) is 16.6 Å². The molecule has 0 radical (unpaired) electrons. The topological polar surface area (TPSA) is 40.5 Å². The van der Waals surface area contributed by atoms with Crippen LogP contribution in [0.4, 0.5) is 0 Å². The van der Waals surface area contributed by atoms with E-state index in [0.717, 1.165) is 25.8 Å². The second-order valence-corrected chi connectivity index (χ2v) is 8.66. The first-order valence-electron chi connectivity index (χ1n) is 9.24. The van der Waals surface area contributed by atoms with E-state index in [1.54, 1.807) is 0 Å². The highest BCUT2D eigenvalue weighted by Crippen LogP contribution is 2.58. The largest absolute Gasteiger partial charge is 0.508 e. The van der Waals surface area contributed by atoms with Crippen molar-refractivity contribution in [1.82, 2.24) is 4.90 Å². The van der Waals surface area contributed by atoms with E-state index in [1.807, 2.05) is 26.0 Å². The summed E-state index contributed by atoms with van der Waals surface area (Å²) in [4.78, 5) is 14.8. The number of likely N-dealkylation sites (N-methyl/N-ethyl adjacent to an activating group) is 1. The van der Waals surface area contributed by atoms with Gasteiger partial charge in [0, 0.05) is 23.8 Å². The SMILES string of the molecule is CC(C)C(=O)CC[C@]1(C)C2Cc3ccc(O)cc3[C@@]1(C)CCN2C.Cl. The van der Waals surface area contributed by atoms with Crippen molar-refractivity contribution in [3.8, 4) is 5.75 Å². The summed E-state index contributed by atoms with van der Waals surface area (Å²) in [6.45, 7) is 9.78. The zero-order chi connectivity index (χ0) is 17.7. The zero-order valence-corrected chi connectivity index (χ0v) is 16.9. The van der Waals surface area contributed by atoms with Gasteiger partial charge in [0.15, 0.2) is 0 Å². The summed E-state index contributed by atoms with van der Waals surface area (Å²) in [5, 5.41) is 10.0. The molecule has 2 aliphatic rings. The van der Waals surface area contributed by atoms with Crippen molar-refractivity contribution >= 4 is 18.2 Å².